The molecule has 1 aromatic heterocycles. The first kappa shape index (κ1) is 14.7. The molecular formula is C10H11ClF3N3O. The Labute approximate surface area is 107 Å². The van der Waals surface area contributed by atoms with Gasteiger partial charge in [-0.2, -0.15) is 13.2 Å². The van der Waals surface area contributed by atoms with Gasteiger partial charge in [0.05, 0.1) is 5.56 Å². The molecule has 0 fully saturated rings. The van der Waals surface area contributed by atoms with Gasteiger partial charge in [-0.15, -0.1) is 0 Å². The molecule has 0 saturated heterocycles. The third-order valence-corrected chi connectivity index (χ3v) is 2.35. The van der Waals surface area contributed by atoms with Gasteiger partial charge in [0.2, 0.25) is 0 Å². The third-order valence-electron chi connectivity index (χ3n) is 2.06. The average Bonchev–Trinajstić information content (AvgIpc) is 2.22. The first-order valence-electron chi connectivity index (χ1n) is 5.13. The molecule has 0 spiro atoms. The Kier molecular flexibility index (Phi) is 4.89. The number of rotatable bonds is 5. The van der Waals surface area contributed by atoms with Gasteiger partial charge < -0.3 is 5.32 Å². The molecule has 0 amide bonds. The number of hydrogen-bond acceptors (Lipinski definition) is 4. The van der Waals surface area contributed by atoms with Crippen molar-refractivity contribution in [1.82, 2.24) is 9.97 Å². The van der Waals surface area contributed by atoms with Crippen LogP contribution in [0.1, 0.15) is 29.0 Å². The van der Waals surface area contributed by atoms with Crippen LogP contribution in [0, 0.1) is 6.92 Å². The van der Waals surface area contributed by atoms with E-state index < -0.39 is 12.6 Å². The minimum atomic E-state index is -4.19. The quantitative estimate of drug-likeness (QED) is 0.512. The smallest absolute Gasteiger partial charge is 0.369 e. The number of carbonyl (C=O) groups is 1. The normalized spacial score (nSPS) is 11.4. The van der Waals surface area contributed by atoms with Crippen LogP contribution in [0.25, 0.3) is 0 Å². The maximum atomic E-state index is 11.9. The highest BCUT2D eigenvalue weighted by atomic mass is 35.5. The molecule has 1 N–H and O–H groups in total. The molecule has 0 bridgehead atoms. The lowest BCUT2D eigenvalue weighted by atomic mass is 10.3. The summed E-state index contributed by atoms with van der Waals surface area (Å²) in [5.41, 5.74) is 0.0503. The van der Waals surface area contributed by atoms with Crippen molar-refractivity contribution in [3.8, 4) is 0 Å². The fourth-order valence-electron chi connectivity index (χ4n) is 1.28. The van der Waals surface area contributed by atoms with E-state index in [9.17, 15) is 18.0 Å². The predicted molar refractivity (Wildman–Crippen MR) is 60.9 cm³/mol. The number of hydrogen-bond donors (Lipinski definition) is 1. The molecule has 1 rings (SSSR count). The van der Waals surface area contributed by atoms with Gasteiger partial charge in [0.15, 0.2) is 6.29 Å². The Balaban J connectivity index is 2.64. The minimum absolute atomic E-state index is 0.0178. The number of aryl methyl sites for hydroxylation is 1. The zero-order valence-corrected chi connectivity index (χ0v) is 10.3. The molecule has 1 heterocycles. The van der Waals surface area contributed by atoms with Crippen molar-refractivity contribution in [3.05, 3.63) is 16.5 Å². The lowest BCUT2D eigenvalue weighted by molar-refractivity contribution is -0.134. The Bertz CT molecular complexity index is 437. The second-order valence-corrected chi connectivity index (χ2v) is 3.95. The summed E-state index contributed by atoms with van der Waals surface area (Å²) < 4.78 is 35.8. The van der Waals surface area contributed by atoms with Crippen LogP contribution in [0.3, 0.4) is 0 Å². The van der Waals surface area contributed by atoms with E-state index in [1.165, 1.54) is 0 Å². The molecule has 0 aliphatic rings. The van der Waals surface area contributed by atoms with E-state index in [-0.39, 0.29) is 29.5 Å². The fourth-order valence-corrected chi connectivity index (χ4v) is 1.54. The third kappa shape index (κ3) is 4.48. The molecule has 0 radical (unpaired) electrons. The Hall–Kier alpha value is -1.37. The van der Waals surface area contributed by atoms with E-state index in [0.29, 0.717) is 12.1 Å². The molecule has 0 aliphatic heterocycles. The second-order valence-electron chi connectivity index (χ2n) is 3.59. The van der Waals surface area contributed by atoms with Gasteiger partial charge in [-0.1, -0.05) is 11.6 Å². The van der Waals surface area contributed by atoms with Gasteiger partial charge in [-0.3, -0.25) is 4.79 Å². The standard InChI is InChI=1S/C10H11ClF3N3O/c1-6-16-8(11)7(5-18)9(17-6)15-4-2-3-10(12,13)14/h5H,2-4H2,1H3,(H,15,16,17). The number of anilines is 1. The largest absolute Gasteiger partial charge is 0.389 e. The van der Waals surface area contributed by atoms with Crippen molar-refractivity contribution in [2.45, 2.75) is 25.9 Å². The van der Waals surface area contributed by atoms with Crippen molar-refractivity contribution in [2.24, 2.45) is 0 Å². The van der Waals surface area contributed by atoms with Crippen molar-refractivity contribution >= 4 is 23.7 Å². The summed E-state index contributed by atoms with van der Waals surface area (Å²) in [4.78, 5) is 18.5. The van der Waals surface area contributed by atoms with Crippen molar-refractivity contribution in [1.29, 1.82) is 0 Å². The van der Waals surface area contributed by atoms with E-state index in [1.54, 1.807) is 6.92 Å². The van der Waals surface area contributed by atoms with Gasteiger partial charge in [-0.05, 0) is 13.3 Å². The van der Waals surface area contributed by atoms with Crippen LogP contribution in [-0.4, -0.2) is 29.0 Å². The maximum absolute atomic E-state index is 11.9. The highest BCUT2D eigenvalue weighted by Gasteiger charge is 2.26. The first-order valence-corrected chi connectivity index (χ1v) is 5.51. The summed E-state index contributed by atoms with van der Waals surface area (Å²) >= 11 is 5.72. The van der Waals surface area contributed by atoms with Gasteiger partial charge in [0.25, 0.3) is 0 Å². The summed E-state index contributed by atoms with van der Waals surface area (Å²) in [6.45, 7) is 1.62. The number of carbonyl (C=O) groups excluding carboxylic acids is 1. The lowest BCUT2D eigenvalue weighted by Crippen LogP contribution is -2.13. The van der Waals surface area contributed by atoms with Crippen LogP contribution < -0.4 is 5.32 Å². The molecule has 0 unspecified atom stereocenters. The van der Waals surface area contributed by atoms with E-state index >= 15 is 0 Å². The molecule has 0 atom stereocenters. The van der Waals surface area contributed by atoms with Crippen LogP contribution in [0.4, 0.5) is 19.0 Å². The van der Waals surface area contributed by atoms with Gasteiger partial charge in [-0.25, -0.2) is 9.97 Å². The molecule has 1 aromatic rings. The SMILES string of the molecule is Cc1nc(Cl)c(C=O)c(NCCCC(F)(F)F)n1. The molecule has 4 nitrogen and oxygen atoms in total. The van der Waals surface area contributed by atoms with Crippen LogP contribution in [0.5, 0.6) is 0 Å². The van der Waals surface area contributed by atoms with Crippen LogP contribution in [-0.2, 0) is 0 Å². The highest BCUT2D eigenvalue weighted by Crippen LogP contribution is 2.22. The number of nitrogens with one attached hydrogen (secondary N) is 1. The Morgan fingerprint density at radius 3 is 2.61 bits per heavy atom. The second kappa shape index (κ2) is 5.99. The molecule has 0 saturated carbocycles. The Morgan fingerprint density at radius 2 is 2.06 bits per heavy atom. The number of aldehydes is 1. The molecule has 0 aromatic carbocycles. The minimum Gasteiger partial charge on any atom is -0.369 e. The van der Waals surface area contributed by atoms with Crippen LogP contribution in [0.2, 0.25) is 5.15 Å². The number of aromatic nitrogens is 2. The van der Waals surface area contributed by atoms with E-state index in [4.69, 9.17) is 11.6 Å². The summed E-state index contributed by atoms with van der Waals surface area (Å²) in [6.07, 6.45) is -4.72. The zero-order chi connectivity index (χ0) is 13.8. The number of halogens is 4. The Morgan fingerprint density at radius 1 is 1.39 bits per heavy atom. The number of nitrogens with zero attached hydrogens (tertiary/aromatic N) is 2. The van der Waals surface area contributed by atoms with Crippen LogP contribution in [0.15, 0.2) is 0 Å². The highest BCUT2D eigenvalue weighted by molar-refractivity contribution is 6.32. The predicted octanol–water partition coefficient (Wildman–Crippen LogP) is 3.01. The first-order chi connectivity index (χ1) is 8.33. The molecular weight excluding hydrogens is 271 g/mol. The summed E-state index contributed by atoms with van der Waals surface area (Å²) in [5, 5.41) is 2.63. The van der Waals surface area contributed by atoms with Crippen molar-refractivity contribution in [3.63, 3.8) is 0 Å². The van der Waals surface area contributed by atoms with Crippen molar-refractivity contribution < 1.29 is 18.0 Å². The van der Waals surface area contributed by atoms with E-state index in [1.807, 2.05) is 0 Å². The van der Waals surface area contributed by atoms with E-state index in [2.05, 4.69) is 15.3 Å². The van der Waals surface area contributed by atoms with Gasteiger partial charge in [0, 0.05) is 13.0 Å². The van der Waals surface area contributed by atoms with Crippen LogP contribution >= 0.6 is 11.6 Å². The van der Waals surface area contributed by atoms with Crippen molar-refractivity contribution in [2.75, 3.05) is 11.9 Å². The lowest BCUT2D eigenvalue weighted by Gasteiger charge is -2.10. The fraction of sp³-hybridized carbons (Fsp3) is 0.500. The van der Waals surface area contributed by atoms with E-state index in [0.717, 1.165) is 0 Å². The molecule has 0 aliphatic carbocycles. The monoisotopic (exact) mass is 281 g/mol. The van der Waals surface area contributed by atoms with Gasteiger partial charge in [0.1, 0.15) is 16.8 Å². The average molecular weight is 282 g/mol. The zero-order valence-electron chi connectivity index (χ0n) is 9.51. The summed E-state index contributed by atoms with van der Waals surface area (Å²) in [7, 11) is 0. The molecule has 100 valence electrons. The maximum Gasteiger partial charge on any atom is 0.389 e. The van der Waals surface area contributed by atoms with Gasteiger partial charge >= 0.3 is 6.18 Å². The number of alkyl halides is 3. The topological polar surface area (TPSA) is 54.9 Å². The molecule has 8 heteroatoms. The molecule has 18 heavy (non-hydrogen) atoms. The summed E-state index contributed by atoms with van der Waals surface area (Å²) in [5.74, 6) is 0.494. The summed E-state index contributed by atoms with van der Waals surface area (Å²) in [6, 6.07) is 0.